The highest BCUT2D eigenvalue weighted by Crippen LogP contribution is 2.32. The molecule has 2 N–H and O–H groups in total. The van der Waals surface area contributed by atoms with Crippen LogP contribution in [0.2, 0.25) is 0 Å². The van der Waals surface area contributed by atoms with Crippen LogP contribution in [0.5, 0.6) is 0 Å². The molecule has 1 aliphatic carbocycles. The number of hydrogen-bond donors (Lipinski definition) is 2. The number of ether oxygens (including phenoxy) is 1. The summed E-state index contributed by atoms with van der Waals surface area (Å²) in [6, 6.07) is 8.66. The van der Waals surface area contributed by atoms with E-state index in [0.717, 1.165) is 44.3 Å². The number of nitrogens with zero attached hydrogens (tertiary/aromatic N) is 4. The first kappa shape index (κ1) is 22.6. The molecule has 0 saturated heterocycles. The number of halogens is 1. The predicted molar refractivity (Wildman–Crippen MR) is 122 cm³/mol. The number of hydrogen-bond acceptors (Lipinski definition) is 4. The molecule has 1 unspecified atom stereocenters. The fourth-order valence-electron chi connectivity index (χ4n) is 3.34. The van der Waals surface area contributed by atoms with Crippen LogP contribution in [0.15, 0.2) is 35.6 Å². The molecule has 28 heavy (non-hydrogen) atoms. The van der Waals surface area contributed by atoms with Crippen LogP contribution in [0, 0.1) is 0 Å². The van der Waals surface area contributed by atoms with E-state index in [1.165, 1.54) is 24.0 Å². The van der Waals surface area contributed by atoms with Crippen molar-refractivity contribution in [1.82, 2.24) is 25.4 Å². The molecule has 0 spiro atoms. The molecule has 0 amide bonds. The van der Waals surface area contributed by atoms with Crippen molar-refractivity contribution >= 4 is 29.9 Å². The Bertz CT molecular complexity index is 748. The maximum atomic E-state index is 6.16. The van der Waals surface area contributed by atoms with Crippen molar-refractivity contribution in [2.24, 2.45) is 12.0 Å². The third-order valence-electron chi connectivity index (χ3n) is 4.77. The van der Waals surface area contributed by atoms with Gasteiger partial charge in [-0.25, -0.2) is 9.98 Å². The van der Waals surface area contributed by atoms with Gasteiger partial charge >= 0.3 is 0 Å². The maximum Gasteiger partial charge on any atom is 0.191 e. The van der Waals surface area contributed by atoms with Crippen LogP contribution in [0.1, 0.15) is 49.2 Å². The van der Waals surface area contributed by atoms with Gasteiger partial charge in [0.2, 0.25) is 0 Å². The zero-order chi connectivity index (χ0) is 18.9. The molecule has 1 aromatic carbocycles. The number of guanidine groups is 1. The lowest BCUT2D eigenvalue weighted by Crippen LogP contribution is -2.38. The monoisotopic (exact) mass is 498 g/mol. The Kier molecular flexibility index (Phi) is 9.69. The van der Waals surface area contributed by atoms with Gasteiger partial charge < -0.3 is 15.4 Å². The molecule has 1 heterocycles. The van der Waals surface area contributed by atoms with Crippen molar-refractivity contribution in [1.29, 1.82) is 0 Å². The van der Waals surface area contributed by atoms with E-state index in [4.69, 9.17) is 4.74 Å². The van der Waals surface area contributed by atoms with E-state index in [2.05, 4.69) is 56.9 Å². The van der Waals surface area contributed by atoms with E-state index in [0.29, 0.717) is 6.54 Å². The minimum absolute atomic E-state index is 0. The summed E-state index contributed by atoms with van der Waals surface area (Å²) in [5.74, 6) is 1.63. The van der Waals surface area contributed by atoms with Gasteiger partial charge in [-0.1, -0.05) is 24.3 Å². The molecule has 8 heteroatoms. The zero-order valence-electron chi connectivity index (χ0n) is 16.7. The minimum atomic E-state index is 0. The molecule has 2 aromatic rings. The topological polar surface area (TPSA) is 76.4 Å². The summed E-state index contributed by atoms with van der Waals surface area (Å²) in [6.45, 7) is 4.94. The van der Waals surface area contributed by atoms with Gasteiger partial charge in [-0.15, -0.1) is 24.0 Å². The molecule has 3 rings (SSSR count). The maximum absolute atomic E-state index is 6.16. The third kappa shape index (κ3) is 6.44. The van der Waals surface area contributed by atoms with Gasteiger partial charge in [0.25, 0.3) is 0 Å². The molecular weight excluding hydrogens is 467 g/mol. The summed E-state index contributed by atoms with van der Waals surface area (Å²) in [5.41, 5.74) is 2.81. The molecule has 1 atom stereocenters. The first-order valence-electron chi connectivity index (χ1n) is 9.82. The second kappa shape index (κ2) is 12.0. The number of aliphatic imine (C=N–C) groups is 1. The zero-order valence-corrected chi connectivity index (χ0v) is 19.1. The Morgan fingerprint density at radius 2 is 2.18 bits per heavy atom. The Balaban J connectivity index is 0.00000280. The van der Waals surface area contributed by atoms with E-state index in [1.54, 1.807) is 11.0 Å². The van der Waals surface area contributed by atoms with E-state index >= 15 is 0 Å². The third-order valence-corrected chi connectivity index (χ3v) is 4.77. The summed E-state index contributed by atoms with van der Waals surface area (Å²) in [6.07, 6.45) is 6.23. The lowest BCUT2D eigenvalue weighted by Gasteiger charge is -2.25. The molecular formula is C20H31IN6O. The van der Waals surface area contributed by atoms with E-state index in [9.17, 15) is 0 Å². The van der Waals surface area contributed by atoms with E-state index in [1.807, 2.05) is 7.05 Å². The molecule has 1 aliphatic rings. The summed E-state index contributed by atoms with van der Waals surface area (Å²) < 4.78 is 7.90. The second-order valence-electron chi connectivity index (χ2n) is 6.73. The normalized spacial score (nSPS) is 16.2. The first-order valence-corrected chi connectivity index (χ1v) is 9.82. The van der Waals surface area contributed by atoms with Crippen LogP contribution in [-0.2, 0) is 24.8 Å². The molecule has 0 bridgehead atoms. The number of rotatable bonds is 8. The molecule has 0 saturated carbocycles. The van der Waals surface area contributed by atoms with Crippen LogP contribution in [0.3, 0.4) is 0 Å². The van der Waals surface area contributed by atoms with Gasteiger partial charge in [0.05, 0.1) is 6.10 Å². The lowest BCUT2D eigenvalue weighted by atomic mass is 9.89. The van der Waals surface area contributed by atoms with Gasteiger partial charge in [-0.3, -0.25) is 4.68 Å². The van der Waals surface area contributed by atoms with Gasteiger partial charge in [0.15, 0.2) is 5.96 Å². The second-order valence-corrected chi connectivity index (χ2v) is 6.73. The standard InChI is InChI=1S/C20H30N6O.HI/c1-3-21-20(23-14-19-24-15-25-26(19)2)22-12-7-13-27-18-11-6-9-16-8-4-5-10-17(16)18;/h4-5,8,10,15,18H,3,6-7,9,11-14H2,1-2H3,(H2,21,22,23);1H. The highest BCUT2D eigenvalue weighted by atomic mass is 127. The highest BCUT2D eigenvalue weighted by Gasteiger charge is 2.19. The molecule has 154 valence electrons. The molecule has 0 fully saturated rings. The molecule has 7 nitrogen and oxygen atoms in total. The van der Waals surface area contributed by atoms with Crippen LogP contribution in [0.25, 0.3) is 0 Å². The van der Waals surface area contributed by atoms with Crippen LogP contribution >= 0.6 is 24.0 Å². The Morgan fingerprint density at radius 3 is 2.96 bits per heavy atom. The molecule has 1 aromatic heterocycles. The summed E-state index contributed by atoms with van der Waals surface area (Å²) >= 11 is 0. The van der Waals surface area contributed by atoms with Crippen LogP contribution in [-0.4, -0.2) is 40.4 Å². The lowest BCUT2D eigenvalue weighted by molar-refractivity contribution is 0.0398. The highest BCUT2D eigenvalue weighted by molar-refractivity contribution is 14.0. The van der Waals surface area contributed by atoms with Crippen molar-refractivity contribution in [3.05, 3.63) is 47.5 Å². The molecule has 0 radical (unpaired) electrons. The number of benzene rings is 1. The summed E-state index contributed by atoms with van der Waals surface area (Å²) in [5, 5.41) is 10.7. The van der Waals surface area contributed by atoms with E-state index in [-0.39, 0.29) is 30.1 Å². The predicted octanol–water partition coefficient (Wildman–Crippen LogP) is 2.97. The molecule has 0 aliphatic heterocycles. The Morgan fingerprint density at radius 1 is 1.32 bits per heavy atom. The van der Waals surface area contributed by atoms with Crippen molar-refractivity contribution < 1.29 is 4.74 Å². The van der Waals surface area contributed by atoms with Gasteiger partial charge in [-0.2, -0.15) is 5.10 Å². The average molecular weight is 498 g/mol. The number of fused-ring (bicyclic) bond motifs is 1. The van der Waals surface area contributed by atoms with Gasteiger partial charge in [-0.05, 0) is 43.7 Å². The largest absolute Gasteiger partial charge is 0.373 e. The van der Waals surface area contributed by atoms with Crippen LogP contribution in [0.4, 0.5) is 0 Å². The van der Waals surface area contributed by atoms with Crippen molar-refractivity contribution in [3.8, 4) is 0 Å². The Labute approximate surface area is 184 Å². The quantitative estimate of drug-likeness (QED) is 0.253. The minimum Gasteiger partial charge on any atom is -0.373 e. The fourth-order valence-corrected chi connectivity index (χ4v) is 3.34. The van der Waals surface area contributed by atoms with Crippen molar-refractivity contribution in [3.63, 3.8) is 0 Å². The fraction of sp³-hybridized carbons (Fsp3) is 0.550. The average Bonchev–Trinajstić information content (AvgIpc) is 3.10. The number of aromatic nitrogens is 3. The number of nitrogens with one attached hydrogen (secondary N) is 2. The smallest absolute Gasteiger partial charge is 0.191 e. The Hall–Kier alpha value is -1.68. The van der Waals surface area contributed by atoms with Crippen molar-refractivity contribution in [2.75, 3.05) is 19.7 Å². The summed E-state index contributed by atoms with van der Waals surface area (Å²) in [7, 11) is 1.87. The van der Waals surface area contributed by atoms with Crippen LogP contribution < -0.4 is 10.6 Å². The SMILES string of the molecule is CCNC(=NCc1ncnn1C)NCCCOC1CCCc2ccccc21.I. The summed E-state index contributed by atoms with van der Waals surface area (Å²) in [4.78, 5) is 8.76. The van der Waals surface area contributed by atoms with Gasteiger partial charge in [0, 0.05) is 26.7 Å². The van der Waals surface area contributed by atoms with Crippen molar-refractivity contribution in [2.45, 2.75) is 45.3 Å². The van der Waals surface area contributed by atoms with Gasteiger partial charge in [0.1, 0.15) is 18.7 Å². The van der Waals surface area contributed by atoms with E-state index < -0.39 is 0 Å². The first-order chi connectivity index (χ1) is 13.3. The number of aryl methyl sites for hydroxylation is 2.